The van der Waals surface area contributed by atoms with Crippen LogP contribution in [0.3, 0.4) is 0 Å². The highest BCUT2D eigenvalue weighted by atomic mass is 32.2. The zero-order valence-electron chi connectivity index (χ0n) is 56.3. The van der Waals surface area contributed by atoms with Crippen LogP contribution < -0.4 is 26.0 Å². The zero-order chi connectivity index (χ0) is 73.3. The molecule has 0 atom stereocenters. The summed E-state index contributed by atoms with van der Waals surface area (Å²) in [7, 11) is -3.46. The highest BCUT2D eigenvalue weighted by molar-refractivity contribution is 7.89. The van der Waals surface area contributed by atoms with Gasteiger partial charge in [-0.1, -0.05) is 122 Å². The lowest BCUT2D eigenvalue weighted by molar-refractivity contribution is 0.101. The summed E-state index contributed by atoms with van der Waals surface area (Å²) in [6.07, 6.45) is 5.20. The van der Waals surface area contributed by atoms with Crippen LogP contribution >= 0.6 is 0 Å². The molecule has 0 radical (unpaired) electrons. The fraction of sp³-hybridized carbons (Fsp3) is 0.125. The van der Waals surface area contributed by atoms with Gasteiger partial charge in [0.05, 0.1) is 10.6 Å². The third-order valence-electron chi connectivity index (χ3n) is 15.7. The number of carbonyl (C=O) groups is 4. The molecule has 0 saturated heterocycles. The number of aryl methyl sites for hydroxylation is 3. The number of nitrogens with one attached hydrogen (secondary N) is 10. The molecule has 0 bridgehead atoms. The van der Waals surface area contributed by atoms with Gasteiger partial charge in [0.25, 0.3) is 23.6 Å². The van der Waals surface area contributed by atoms with Gasteiger partial charge in [0.1, 0.15) is 5.82 Å². The number of benzene rings is 9. The Kier molecular flexibility index (Phi) is 24.4. The number of amides is 4. The molecule has 1 aliphatic rings. The lowest BCUT2D eigenvalue weighted by Crippen LogP contribution is -2.36. The van der Waals surface area contributed by atoms with Gasteiger partial charge in [-0.15, -0.1) is 51.0 Å². The normalized spacial score (nSPS) is 11.7. The second-order valence-electron chi connectivity index (χ2n) is 23.4. The molecule has 4 amide bonds. The third-order valence-corrected chi connectivity index (χ3v) is 17.2. The monoisotopic (exact) mass is 1430 g/mol. The maximum atomic E-state index is 13.5. The molecule has 10 N–H and O–H groups in total. The molecule has 528 valence electrons. The Morgan fingerprint density at radius 1 is 0.362 bits per heavy atom. The number of anilines is 4. The Morgan fingerprint density at radius 3 is 1.03 bits per heavy atom. The fourth-order valence-electron chi connectivity index (χ4n) is 10.2. The molecule has 0 spiro atoms. The first kappa shape index (κ1) is 72.3. The fourth-order valence-corrected chi connectivity index (χ4v) is 11.5. The van der Waals surface area contributed by atoms with Crippen LogP contribution in [-0.4, -0.2) is 141 Å². The number of hydrogen-bond donors (Lipinski definition) is 10. The quantitative estimate of drug-likeness (QED) is 0.0429. The Balaban J connectivity index is 0.000000131. The first-order chi connectivity index (χ1) is 51.0. The summed E-state index contributed by atoms with van der Waals surface area (Å²) in [5, 5.41) is 79.2. The first-order valence-corrected chi connectivity index (χ1v) is 34.0. The van der Waals surface area contributed by atoms with E-state index in [-0.39, 0.29) is 40.3 Å². The largest absolute Gasteiger partial charge is 0.322 e. The van der Waals surface area contributed by atoms with E-state index >= 15 is 0 Å². The average molecular weight is 1430 g/mol. The van der Waals surface area contributed by atoms with Crippen molar-refractivity contribution < 1.29 is 32.0 Å². The van der Waals surface area contributed by atoms with Crippen molar-refractivity contribution in [1.29, 1.82) is 0 Å². The van der Waals surface area contributed by atoms with Crippen LogP contribution in [0.15, 0.2) is 223 Å². The van der Waals surface area contributed by atoms with E-state index in [1.807, 2.05) is 93.6 Å². The summed E-state index contributed by atoms with van der Waals surface area (Å²) in [4.78, 5) is 48.8. The van der Waals surface area contributed by atoms with Crippen LogP contribution in [0.2, 0.25) is 0 Å². The van der Waals surface area contributed by atoms with Crippen molar-refractivity contribution in [3.8, 4) is 56.9 Å². The van der Waals surface area contributed by atoms with E-state index < -0.39 is 15.8 Å². The second-order valence-corrected chi connectivity index (χ2v) is 25.1. The van der Waals surface area contributed by atoms with Crippen LogP contribution in [0.1, 0.15) is 90.2 Å². The van der Waals surface area contributed by atoms with Crippen LogP contribution in [0.25, 0.3) is 56.9 Å². The zero-order valence-corrected chi connectivity index (χ0v) is 57.2. The highest BCUT2D eigenvalue weighted by Gasteiger charge is 2.22. The number of nitrogens with zero attached hydrogens (tertiary/aromatic N) is 15. The minimum Gasteiger partial charge on any atom is -0.322 e. The first-order valence-electron chi connectivity index (χ1n) is 32.5. The van der Waals surface area contributed by atoms with Crippen molar-refractivity contribution in [1.82, 2.24) is 108 Å². The Morgan fingerprint density at radius 2 is 0.695 bits per heavy atom. The molecular weight excluding hydrogens is 1360 g/mol. The average Bonchev–Trinajstić information content (AvgIpc) is 1.75. The van der Waals surface area contributed by atoms with Crippen LogP contribution in [0, 0.1) is 26.6 Å². The summed E-state index contributed by atoms with van der Waals surface area (Å²) < 4.78 is 40.9. The number of halogens is 1. The number of rotatable bonds is 16. The van der Waals surface area contributed by atoms with E-state index in [0.29, 0.717) is 51.4 Å². The molecular formula is C72H66FN25O6S. The molecule has 105 heavy (non-hydrogen) atoms. The molecule has 1 fully saturated rings. The maximum Gasteiger partial charge on any atom is 0.255 e. The van der Waals surface area contributed by atoms with E-state index in [4.69, 9.17) is 0 Å². The van der Waals surface area contributed by atoms with Gasteiger partial charge in [-0.05, 0) is 192 Å². The summed E-state index contributed by atoms with van der Waals surface area (Å²) in [5.74, 6) is 1.06. The number of sulfonamides is 1. The van der Waals surface area contributed by atoms with E-state index in [0.717, 1.165) is 87.3 Å². The van der Waals surface area contributed by atoms with Gasteiger partial charge in [0.2, 0.25) is 39.1 Å². The van der Waals surface area contributed by atoms with E-state index in [9.17, 15) is 32.0 Å². The van der Waals surface area contributed by atoms with Gasteiger partial charge in [0, 0.05) is 73.2 Å². The van der Waals surface area contributed by atoms with Gasteiger partial charge in [-0.2, -0.15) is 26.1 Å². The molecule has 1 saturated carbocycles. The molecule has 15 rings (SSSR count). The predicted molar refractivity (Wildman–Crippen MR) is 387 cm³/mol. The SMILES string of the molecule is Cc1ccc(NC(=O)c2ccc(-c3nn[nH]n3)cc2)cc1.Cc1cccc(NC(=O)c2ccc(-c3nn[nH]n3)cc2)c1.Cc1cccc(NC(=O)c2ccc(-c3nn[nH]n3)cc2)c1.O=C(Nc1ccccc1F)c1ccc(-c2nn[nH]n2)cc1.O=S(=O)(NC1CCCCC1)c1ccc(-c2nn[nH]n2)cc1. The molecule has 9 aromatic carbocycles. The van der Waals surface area contributed by atoms with E-state index in [2.05, 4.69) is 129 Å². The predicted octanol–water partition coefficient (Wildman–Crippen LogP) is 11.0. The van der Waals surface area contributed by atoms with Gasteiger partial charge in [-0.3, -0.25) is 19.2 Å². The van der Waals surface area contributed by atoms with Crippen molar-refractivity contribution in [2.75, 3.05) is 21.3 Å². The maximum absolute atomic E-state index is 13.5. The molecule has 0 unspecified atom stereocenters. The molecule has 33 heteroatoms. The topological polar surface area (TPSA) is 435 Å². The van der Waals surface area contributed by atoms with Gasteiger partial charge >= 0.3 is 0 Å². The number of hydrogen-bond acceptors (Lipinski definition) is 21. The number of aromatic amines is 5. The Labute approximate surface area is 598 Å². The van der Waals surface area contributed by atoms with Crippen molar-refractivity contribution in [2.45, 2.75) is 63.8 Å². The van der Waals surface area contributed by atoms with Crippen molar-refractivity contribution in [3.05, 3.63) is 263 Å². The van der Waals surface area contributed by atoms with Gasteiger partial charge in [0.15, 0.2) is 0 Å². The van der Waals surface area contributed by atoms with Gasteiger partial charge < -0.3 is 21.3 Å². The lowest BCUT2D eigenvalue weighted by atomic mass is 9.96. The minimum atomic E-state index is -3.46. The van der Waals surface area contributed by atoms with E-state index in [1.165, 1.54) is 18.6 Å². The smallest absolute Gasteiger partial charge is 0.255 e. The van der Waals surface area contributed by atoms with E-state index in [1.54, 1.807) is 133 Å². The number of tetrazole rings is 5. The standard InChI is InChI=1S/3C15H13N5O.C14H10FN5O.C13H17N5O2S/c1-10-2-8-13(9-3-10)16-15(21)12-6-4-11(5-7-12)14-17-19-20-18-14;2*1-10-3-2-4-13(9-10)16-15(21)12-7-5-11(6-8-12)14-17-19-20-18-14;15-11-3-1-2-4-12(11)16-14(21)10-7-5-9(6-8-10)13-17-19-20-18-13;19-21(20,16-11-4-2-1-3-5-11)12-8-6-10(7-9-12)13-14-17-18-15-13/h3*2-9H,1H3,(H,16,21)(H,17,18,19,20);1-8H,(H,16,21)(H,17,18,19,20);6-9,11,16H,1-5H2,(H,14,15,17,18). The Bertz CT molecular complexity index is 5060. The van der Waals surface area contributed by atoms with Crippen molar-refractivity contribution in [2.24, 2.45) is 0 Å². The summed E-state index contributed by atoms with van der Waals surface area (Å²) in [6, 6.07) is 63.3. The van der Waals surface area contributed by atoms with Crippen LogP contribution in [-0.2, 0) is 10.0 Å². The van der Waals surface area contributed by atoms with Crippen LogP contribution in [0.5, 0.6) is 0 Å². The second kappa shape index (κ2) is 35.4. The van der Waals surface area contributed by atoms with Crippen LogP contribution in [0.4, 0.5) is 27.1 Å². The van der Waals surface area contributed by atoms with Crippen molar-refractivity contribution in [3.63, 3.8) is 0 Å². The molecule has 14 aromatic rings. The number of para-hydroxylation sites is 1. The van der Waals surface area contributed by atoms with Crippen molar-refractivity contribution >= 4 is 56.4 Å². The molecule has 1 aliphatic carbocycles. The number of H-pyrrole nitrogens is 5. The Hall–Kier alpha value is -14.0. The molecule has 0 aliphatic heterocycles. The van der Waals surface area contributed by atoms with Gasteiger partial charge in [-0.25, -0.2) is 17.5 Å². The summed E-state index contributed by atoms with van der Waals surface area (Å²) >= 11 is 0. The molecule has 31 nitrogen and oxygen atoms in total. The molecule has 5 aromatic heterocycles. The third kappa shape index (κ3) is 20.8. The summed E-state index contributed by atoms with van der Waals surface area (Å²) in [5.41, 5.74) is 11.8. The molecule has 5 heterocycles. The lowest BCUT2D eigenvalue weighted by Gasteiger charge is -2.22. The number of aromatic nitrogens is 20. The minimum absolute atomic E-state index is 0.0561. The number of carbonyl (C=O) groups excluding carboxylic acids is 4. The summed E-state index contributed by atoms with van der Waals surface area (Å²) in [6.45, 7) is 5.97. The highest BCUT2D eigenvalue weighted by Crippen LogP contribution is 2.25.